The normalized spacial score (nSPS) is 30.5. The van der Waals surface area contributed by atoms with Gasteiger partial charge in [-0.3, -0.25) is 4.79 Å². The lowest BCUT2D eigenvalue weighted by Gasteiger charge is -2.26. The minimum Gasteiger partial charge on any atom is -0.467 e. The minimum atomic E-state index is -0.126. The SMILES string of the molecule is CC(NC1CC2CCC1C2)C(=O)NCc1ccco1. The first-order chi connectivity index (χ1) is 9.22. The van der Waals surface area contributed by atoms with Gasteiger partial charge in [0, 0.05) is 6.04 Å². The van der Waals surface area contributed by atoms with Crippen LogP contribution in [0.2, 0.25) is 0 Å². The molecule has 1 amide bonds. The summed E-state index contributed by atoms with van der Waals surface area (Å²) in [5, 5.41) is 6.41. The van der Waals surface area contributed by atoms with Crippen LogP contribution in [0.5, 0.6) is 0 Å². The van der Waals surface area contributed by atoms with Gasteiger partial charge < -0.3 is 15.1 Å². The summed E-state index contributed by atoms with van der Waals surface area (Å²) in [6, 6.07) is 4.12. The maximum Gasteiger partial charge on any atom is 0.237 e. The van der Waals surface area contributed by atoms with E-state index in [0.29, 0.717) is 12.6 Å². The summed E-state index contributed by atoms with van der Waals surface area (Å²) in [6.45, 7) is 2.41. The molecule has 0 aliphatic heterocycles. The summed E-state index contributed by atoms with van der Waals surface area (Å²) in [4.78, 5) is 12.0. The van der Waals surface area contributed by atoms with Crippen molar-refractivity contribution >= 4 is 5.91 Å². The van der Waals surface area contributed by atoms with Crippen molar-refractivity contribution in [2.45, 2.75) is 51.2 Å². The van der Waals surface area contributed by atoms with Gasteiger partial charge >= 0.3 is 0 Å². The topological polar surface area (TPSA) is 54.3 Å². The largest absolute Gasteiger partial charge is 0.467 e. The number of fused-ring (bicyclic) bond motifs is 2. The lowest BCUT2D eigenvalue weighted by atomic mass is 9.95. The van der Waals surface area contributed by atoms with E-state index >= 15 is 0 Å². The summed E-state index contributed by atoms with van der Waals surface area (Å²) in [6.07, 6.45) is 6.96. The molecule has 2 aliphatic rings. The molecule has 2 N–H and O–H groups in total. The molecule has 0 spiro atoms. The van der Waals surface area contributed by atoms with Crippen LogP contribution in [0.1, 0.15) is 38.4 Å². The fraction of sp³-hybridized carbons (Fsp3) is 0.667. The molecule has 4 atom stereocenters. The summed E-state index contributed by atoms with van der Waals surface area (Å²) in [5.74, 6) is 2.55. The third kappa shape index (κ3) is 2.84. The van der Waals surface area contributed by atoms with Gasteiger partial charge in [0.2, 0.25) is 5.91 Å². The fourth-order valence-corrected chi connectivity index (χ4v) is 3.59. The molecule has 0 saturated heterocycles. The van der Waals surface area contributed by atoms with Gasteiger partial charge in [-0.05, 0) is 50.2 Å². The van der Waals surface area contributed by atoms with Crippen molar-refractivity contribution < 1.29 is 9.21 Å². The maximum absolute atomic E-state index is 12.0. The molecule has 4 heteroatoms. The van der Waals surface area contributed by atoms with Crippen LogP contribution < -0.4 is 10.6 Å². The fourth-order valence-electron chi connectivity index (χ4n) is 3.59. The molecule has 4 nitrogen and oxygen atoms in total. The van der Waals surface area contributed by atoms with Crippen LogP contribution in [0, 0.1) is 11.8 Å². The molecule has 0 radical (unpaired) electrons. The van der Waals surface area contributed by atoms with Gasteiger partial charge in [-0.2, -0.15) is 0 Å². The van der Waals surface area contributed by atoms with Crippen molar-refractivity contribution in [1.82, 2.24) is 10.6 Å². The predicted molar refractivity (Wildman–Crippen MR) is 72.4 cm³/mol. The number of furan rings is 1. The van der Waals surface area contributed by atoms with E-state index in [0.717, 1.165) is 17.6 Å². The average molecular weight is 262 g/mol. The first-order valence-corrected chi connectivity index (χ1v) is 7.28. The highest BCUT2D eigenvalue weighted by Gasteiger charge is 2.40. The van der Waals surface area contributed by atoms with Crippen LogP contribution >= 0.6 is 0 Å². The van der Waals surface area contributed by atoms with Gasteiger partial charge in [-0.1, -0.05) is 6.42 Å². The van der Waals surface area contributed by atoms with Crippen LogP contribution in [-0.4, -0.2) is 18.0 Å². The van der Waals surface area contributed by atoms with Crippen LogP contribution in [0.4, 0.5) is 0 Å². The zero-order chi connectivity index (χ0) is 13.2. The zero-order valence-corrected chi connectivity index (χ0v) is 11.4. The predicted octanol–water partition coefficient (Wildman–Crippen LogP) is 2.06. The van der Waals surface area contributed by atoms with Crippen molar-refractivity contribution in [2.75, 3.05) is 0 Å². The highest BCUT2D eigenvalue weighted by atomic mass is 16.3. The standard InChI is InChI=1S/C15H22N2O2/c1-10(15(18)16-9-13-3-2-6-19-13)17-14-8-11-4-5-12(14)7-11/h2-3,6,10-12,14,17H,4-5,7-9H2,1H3,(H,16,18). The van der Waals surface area contributed by atoms with E-state index in [2.05, 4.69) is 10.6 Å². The molecule has 2 aliphatic carbocycles. The van der Waals surface area contributed by atoms with Gasteiger partial charge in [0.1, 0.15) is 5.76 Å². The van der Waals surface area contributed by atoms with E-state index in [1.807, 2.05) is 19.1 Å². The first kappa shape index (κ1) is 12.7. The number of carbonyl (C=O) groups is 1. The van der Waals surface area contributed by atoms with Gasteiger partial charge in [-0.25, -0.2) is 0 Å². The van der Waals surface area contributed by atoms with Gasteiger partial charge in [0.05, 0.1) is 18.8 Å². The molecule has 3 rings (SSSR count). The minimum absolute atomic E-state index is 0.0548. The second-order valence-corrected chi connectivity index (χ2v) is 5.97. The molecule has 2 saturated carbocycles. The molecule has 1 heterocycles. The summed E-state index contributed by atoms with van der Waals surface area (Å²) in [7, 11) is 0. The molecule has 2 bridgehead atoms. The van der Waals surface area contributed by atoms with Crippen molar-refractivity contribution in [3.8, 4) is 0 Å². The third-order valence-corrected chi connectivity index (χ3v) is 4.61. The molecule has 4 unspecified atom stereocenters. The summed E-state index contributed by atoms with van der Waals surface area (Å²) >= 11 is 0. The second-order valence-electron chi connectivity index (χ2n) is 5.97. The van der Waals surface area contributed by atoms with Crippen LogP contribution in [0.25, 0.3) is 0 Å². The Morgan fingerprint density at radius 1 is 1.47 bits per heavy atom. The van der Waals surface area contributed by atoms with Crippen molar-refractivity contribution in [1.29, 1.82) is 0 Å². The Bertz CT molecular complexity index is 429. The van der Waals surface area contributed by atoms with E-state index in [1.165, 1.54) is 25.7 Å². The highest BCUT2D eigenvalue weighted by molar-refractivity contribution is 5.81. The molecule has 1 aromatic rings. The molecule has 19 heavy (non-hydrogen) atoms. The van der Waals surface area contributed by atoms with Crippen molar-refractivity contribution in [2.24, 2.45) is 11.8 Å². The van der Waals surface area contributed by atoms with E-state index in [9.17, 15) is 4.79 Å². The quantitative estimate of drug-likeness (QED) is 0.854. The van der Waals surface area contributed by atoms with E-state index in [-0.39, 0.29) is 11.9 Å². The molecule has 0 aromatic carbocycles. The van der Waals surface area contributed by atoms with E-state index in [4.69, 9.17) is 4.42 Å². The maximum atomic E-state index is 12.0. The van der Waals surface area contributed by atoms with Crippen molar-refractivity contribution in [3.05, 3.63) is 24.2 Å². The van der Waals surface area contributed by atoms with Crippen LogP contribution in [-0.2, 0) is 11.3 Å². The molecular weight excluding hydrogens is 240 g/mol. The Labute approximate surface area is 113 Å². The Kier molecular flexibility index (Phi) is 3.60. The number of hydrogen-bond acceptors (Lipinski definition) is 3. The smallest absolute Gasteiger partial charge is 0.237 e. The summed E-state index contributed by atoms with van der Waals surface area (Å²) in [5.41, 5.74) is 0. The van der Waals surface area contributed by atoms with Gasteiger partial charge in [-0.15, -0.1) is 0 Å². The molecule has 104 valence electrons. The number of amides is 1. The Hall–Kier alpha value is -1.29. The lowest BCUT2D eigenvalue weighted by Crippen LogP contribution is -2.48. The highest BCUT2D eigenvalue weighted by Crippen LogP contribution is 2.44. The Morgan fingerprint density at radius 2 is 2.37 bits per heavy atom. The lowest BCUT2D eigenvalue weighted by molar-refractivity contribution is -0.123. The second kappa shape index (κ2) is 5.37. The first-order valence-electron chi connectivity index (χ1n) is 7.28. The number of carbonyl (C=O) groups excluding carboxylic acids is 1. The van der Waals surface area contributed by atoms with Gasteiger partial charge in [0.25, 0.3) is 0 Å². The van der Waals surface area contributed by atoms with Gasteiger partial charge in [0.15, 0.2) is 0 Å². The van der Waals surface area contributed by atoms with Crippen molar-refractivity contribution in [3.63, 3.8) is 0 Å². The monoisotopic (exact) mass is 262 g/mol. The third-order valence-electron chi connectivity index (χ3n) is 4.61. The summed E-state index contributed by atoms with van der Waals surface area (Å²) < 4.78 is 5.20. The number of nitrogens with one attached hydrogen (secondary N) is 2. The molecule has 2 fully saturated rings. The Morgan fingerprint density at radius 3 is 3.00 bits per heavy atom. The molecule has 1 aromatic heterocycles. The van der Waals surface area contributed by atoms with E-state index < -0.39 is 0 Å². The molecular formula is C15H22N2O2. The van der Waals surface area contributed by atoms with E-state index in [1.54, 1.807) is 6.26 Å². The average Bonchev–Trinajstić information content (AvgIpc) is 3.12. The van der Waals surface area contributed by atoms with Crippen LogP contribution in [0.15, 0.2) is 22.8 Å². The number of hydrogen-bond donors (Lipinski definition) is 2. The Balaban J connectivity index is 1.44. The van der Waals surface area contributed by atoms with Crippen LogP contribution in [0.3, 0.4) is 0 Å². The zero-order valence-electron chi connectivity index (χ0n) is 11.4. The number of rotatable bonds is 5.